The number of ether oxygens (including phenoxy) is 1. The predicted octanol–water partition coefficient (Wildman–Crippen LogP) is 0.311. The molecular formula is C10H18N2O2. The number of carbonyl (C=O) groups excluding carboxylic acids is 1. The molecule has 1 saturated heterocycles. The summed E-state index contributed by atoms with van der Waals surface area (Å²) in [6.45, 7) is 8.09. The number of esters is 1. The SMILES string of the molecule is C=CC(=O)OCCCN1CCN(C)C1. The van der Waals surface area contributed by atoms with E-state index in [1.54, 1.807) is 0 Å². The number of hydrogen-bond acceptors (Lipinski definition) is 4. The molecule has 14 heavy (non-hydrogen) atoms. The summed E-state index contributed by atoms with van der Waals surface area (Å²) in [5, 5.41) is 0. The molecule has 0 aromatic heterocycles. The van der Waals surface area contributed by atoms with Crippen LogP contribution < -0.4 is 0 Å². The smallest absolute Gasteiger partial charge is 0.330 e. The van der Waals surface area contributed by atoms with Gasteiger partial charge in [-0.25, -0.2) is 4.79 Å². The topological polar surface area (TPSA) is 32.8 Å². The van der Waals surface area contributed by atoms with Gasteiger partial charge in [-0.05, 0) is 13.5 Å². The third-order valence-corrected chi connectivity index (χ3v) is 2.27. The second-order valence-electron chi connectivity index (χ2n) is 3.56. The fourth-order valence-corrected chi connectivity index (χ4v) is 1.50. The van der Waals surface area contributed by atoms with E-state index in [0.717, 1.165) is 32.7 Å². The summed E-state index contributed by atoms with van der Waals surface area (Å²) in [7, 11) is 2.11. The Morgan fingerprint density at radius 2 is 2.36 bits per heavy atom. The van der Waals surface area contributed by atoms with E-state index in [1.165, 1.54) is 6.08 Å². The van der Waals surface area contributed by atoms with Gasteiger partial charge in [-0.2, -0.15) is 0 Å². The highest BCUT2D eigenvalue weighted by molar-refractivity contribution is 5.81. The molecule has 1 aliphatic rings. The minimum absolute atomic E-state index is 0.330. The van der Waals surface area contributed by atoms with E-state index in [0.29, 0.717) is 6.61 Å². The summed E-state index contributed by atoms with van der Waals surface area (Å²) in [5.74, 6) is -0.330. The van der Waals surface area contributed by atoms with Crippen molar-refractivity contribution in [2.24, 2.45) is 0 Å². The van der Waals surface area contributed by atoms with Gasteiger partial charge in [0, 0.05) is 25.7 Å². The van der Waals surface area contributed by atoms with E-state index >= 15 is 0 Å². The van der Waals surface area contributed by atoms with Crippen LogP contribution in [-0.2, 0) is 9.53 Å². The monoisotopic (exact) mass is 198 g/mol. The van der Waals surface area contributed by atoms with Crippen LogP contribution in [0.1, 0.15) is 6.42 Å². The van der Waals surface area contributed by atoms with Gasteiger partial charge in [-0.15, -0.1) is 0 Å². The van der Waals surface area contributed by atoms with Crippen LogP contribution in [0.15, 0.2) is 12.7 Å². The molecule has 0 unspecified atom stereocenters. The van der Waals surface area contributed by atoms with E-state index in [4.69, 9.17) is 4.74 Å². The zero-order valence-corrected chi connectivity index (χ0v) is 8.74. The maximum atomic E-state index is 10.7. The van der Waals surface area contributed by atoms with Crippen molar-refractivity contribution in [3.05, 3.63) is 12.7 Å². The first kappa shape index (κ1) is 11.2. The largest absolute Gasteiger partial charge is 0.462 e. The van der Waals surface area contributed by atoms with Gasteiger partial charge in [0.25, 0.3) is 0 Å². The molecule has 1 aliphatic heterocycles. The number of likely N-dealkylation sites (N-methyl/N-ethyl adjacent to an activating group) is 1. The van der Waals surface area contributed by atoms with Gasteiger partial charge < -0.3 is 4.74 Å². The molecule has 0 aromatic rings. The second-order valence-corrected chi connectivity index (χ2v) is 3.56. The highest BCUT2D eigenvalue weighted by atomic mass is 16.5. The van der Waals surface area contributed by atoms with Gasteiger partial charge in [-0.1, -0.05) is 6.58 Å². The summed E-state index contributed by atoms with van der Waals surface area (Å²) < 4.78 is 4.88. The molecule has 0 bridgehead atoms. The van der Waals surface area contributed by atoms with Crippen molar-refractivity contribution in [3.8, 4) is 0 Å². The molecule has 0 atom stereocenters. The predicted molar refractivity (Wildman–Crippen MR) is 54.8 cm³/mol. The van der Waals surface area contributed by atoms with Gasteiger partial charge in [0.1, 0.15) is 0 Å². The number of carbonyl (C=O) groups is 1. The van der Waals surface area contributed by atoms with Crippen molar-refractivity contribution in [2.75, 3.05) is 40.0 Å². The molecule has 80 valence electrons. The summed E-state index contributed by atoms with van der Waals surface area (Å²) in [6.07, 6.45) is 2.09. The molecule has 0 radical (unpaired) electrons. The molecule has 0 aromatic carbocycles. The first-order valence-electron chi connectivity index (χ1n) is 4.92. The molecule has 1 fully saturated rings. The standard InChI is InChI=1S/C10H18N2O2/c1-3-10(13)14-8-4-5-12-7-6-11(2)9-12/h3H,1,4-9H2,2H3. The van der Waals surface area contributed by atoms with Gasteiger partial charge in [0.2, 0.25) is 0 Å². The number of nitrogens with zero attached hydrogens (tertiary/aromatic N) is 2. The molecule has 0 spiro atoms. The molecular weight excluding hydrogens is 180 g/mol. The van der Waals surface area contributed by atoms with E-state index in [-0.39, 0.29) is 5.97 Å². The lowest BCUT2D eigenvalue weighted by atomic mass is 10.4. The van der Waals surface area contributed by atoms with Crippen molar-refractivity contribution < 1.29 is 9.53 Å². The van der Waals surface area contributed by atoms with Crippen molar-refractivity contribution in [1.29, 1.82) is 0 Å². The second kappa shape index (κ2) is 5.78. The molecule has 1 rings (SSSR count). The van der Waals surface area contributed by atoms with Crippen LogP contribution in [0.4, 0.5) is 0 Å². The Morgan fingerprint density at radius 3 is 2.93 bits per heavy atom. The Hall–Kier alpha value is -0.870. The first-order chi connectivity index (χ1) is 6.72. The van der Waals surface area contributed by atoms with Crippen LogP contribution in [0.2, 0.25) is 0 Å². The van der Waals surface area contributed by atoms with Crippen molar-refractivity contribution in [3.63, 3.8) is 0 Å². The van der Waals surface area contributed by atoms with E-state index in [9.17, 15) is 4.79 Å². The van der Waals surface area contributed by atoms with Crippen LogP contribution in [0.3, 0.4) is 0 Å². The molecule has 0 amide bonds. The van der Waals surface area contributed by atoms with Crippen molar-refractivity contribution >= 4 is 5.97 Å². The highest BCUT2D eigenvalue weighted by Crippen LogP contribution is 2.02. The minimum atomic E-state index is -0.330. The summed E-state index contributed by atoms with van der Waals surface area (Å²) in [5.41, 5.74) is 0. The molecule has 1 heterocycles. The Kier molecular flexibility index (Phi) is 4.62. The van der Waals surface area contributed by atoms with Crippen LogP contribution in [0, 0.1) is 0 Å². The first-order valence-corrected chi connectivity index (χ1v) is 4.92. The zero-order chi connectivity index (χ0) is 10.4. The van der Waals surface area contributed by atoms with Crippen LogP contribution in [0.5, 0.6) is 0 Å². The molecule has 0 N–H and O–H groups in total. The number of rotatable bonds is 5. The summed E-state index contributed by atoms with van der Waals surface area (Å²) in [4.78, 5) is 15.3. The number of hydrogen-bond donors (Lipinski definition) is 0. The lowest BCUT2D eigenvalue weighted by Crippen LogP contribution is -2.25. The van der Waals surface area contributed by atoms with Crippen LogP contribution in [0.25, 0.3) is 0 Å². The molecule has 4 nitrogen and oxygen atoms in total. The van der Waals surface area contributed by atoms with Gasteiger partial charge >= 0.3 is 5.97 Å². The third-order valence-electron chi connectivity index (χ3n) is 2.27. The lowest BCUT2D eigenvalue weighted by Gasteiger charge is -2.14. The quantitative estimate of drug-likeness (QED) is 0.361. The highest BCUT2D eigenvalue weighted by Gasteiger charge is 2.15. The summed E-state index contributed by atoms with van der Waals surface area (Å²) >= 11 is 0. The van der Waals surface area contributed by atoms with E-state index < -0.39 is 0 Å². The van der Waals surface area contributed by atoms with Crippen molar-refractivity contribution in [2.45, 2.75) is 6.42 Å². The van der Waals surface area contributed by atoms with E-state index in [1.807, 2.05) is 0 Å². The fourth-order valence-electron chi connectivity index (χ4n) is 1.50. The van der Waals surface area contributed by atoms with E-state index in [2.05, 4.69) is 23.4 Å². The lowest BCUT2D eigenvalue weighted by molar-refractivity contribution is -0.137. The molecule has 0 aliphatic carbocycles. The minimum Gasteiger partial charge on any atom is -0.462 e. The molecule has 0 saturated carbocycles. The van der Waals surface area contributed by atoms with Gasteiger partial charge in [0.15, 0.2) is 0 Å². The fraction of sp³-hybridized carbons (Fsp3) is 0.700. The van der Waals surface area contributed by atoms with Crippen molar-refractivity contribution in [1.82, 2.24) is 9.80 Å². The normalized spacial score (nSPS) is 18.4. The average Bonchev–Trinajstić information content (AvgIpc) is 2.58. The molecule has 4 heteroatoms. The van der Waals surface area contributed by atoms with Crippen LogP contribution >= 0.6 is 0 Å². The Balaban J connectivity index is 1.99. The summed E-state index contributed by atoms with van der Waals surface area (Å²) in [6, 6.07) is 0. The maximum absolute atomic E-state index is 10.7. The Morgan fingerprint density at radius 1 is 1.57 bits per heavy atom. The maximum Gasteiger partial charge on any atom is 0.330 e. The Labute approximate surface area is 85.1 Å². The van der Waals surface area contributed by atoms with Gasteiger partial charge in [-0.3, -0.25) is 9.80 Å². The third kappa shape index (κ3) is 3.89. The Bertz CT molecular complexity index is 206. The van der Waals surface area contributed by atoms with Gasteiger partial charge in [0.05, 0.1) is 13.3 Å². The average molecular weight is 198 g/mol. The zero-order valence-electron chi connectivity index (χ0n) is 8.74. The van der Waals surface area contributed by atoms with Crippen LogP contribution in [-0.4, -0.2) is 55.7 Å².